The third-order valence-corrected chi connectivity index (χ3v) is 4.56. The van der Waals surface area contributed by atoms with Crippen LogP contribution in [0, 0.1) is 0 Å². The van der Waals surface area contributed by atoms with Crippen molar-refractivity contribution in [2.24, 2.45) is 7.05 Å². The minimum Gasteiger partial charge on any atom is -0.378 e. The van der Waals surface area contributed by atoms with Crippen LogP contribution in [0.5, 0.6) is 0 Å². The Kier molecular flexibility index (Phi) is 5.03. The second kappa shape index (κ2) is 7.21. The van der Waals surface area contributed by atoms with Gasteiger partial charge in [-0.1, -0.05) is 6.92 Å². The number of rotatable bonds is 3. The first-order chi connectivity index (χ1) is 11.6. The lowest BCUT2D eigenvalue weighted by Crippen LogP contribution is -2.44. The van der Waals surface area contributed by atoms with Gasteiger partial charge in [-0.3, -0.25) is 9.48 Å². The quantitative estimate of drug-likeness (QED) is 0.865. The number of morpholine rings is 1. The SMILES string of the molecule is CCCNC(=O)N1CCc2c(c(C(=O)N3CCOCC3)nn2C)C1. The van der Waals surface area contributed by atoms with Crippen LogP contribution in [-0.2, 0) is 24.8 Å². The average molecular weight is 335 g/mol. The summed E-state index contributed by atoms with van der Waals surface area (Å²) in [7, 11) is 1.86. The van der Waals surface area contributed by atoms with Gasteiger partial charge in [0.15, 0.2) is 5.69 Å². The number of hydrogen-bond donors (Lipinski definition) is 1. The minimum atomic E-state index is -0.0730. The van der Waals surface area contributed by atoms with E-state index < -0.39 is 0 Å². The second-order valence-electron chi connectivity index (χ2n) is 6.21. The van der Waals surface area contributed by atoms with Crippen LogP contribution in [0.4, 0.5) is 4.79 Å². The molecular weight excluding hydrogens is 310 g/mol. The molecule has 1 fully saturated rings. The average Bonchev–Trinajstić information content (AvgIpc) is 2.96. The van der Waals surface area contributed by atoms with Gasteiger partial charge >= 0.3 is 6.03 Å². The van der Waals surface area contributed by atoms with Crippen LogP contribution in [0.1, 0.15) is 35.1 Å². The Balaban J connectivity index is 1.79. The molecule has 1 N–H and O–H groups in total. The third kappa shape index (κ3) is 3.24. The smallest absolute Gasteiger partial charge is 0.317 e. The molecule has 132 valence electrons. The van der Waals surface area contributed by atoms with Crippen LogP contribution >= 0.6 is 0 Å². The van der Waals surface area contributed by atoms with E-state index in [0.717, 1.165) is 24.1 Å². The second-order valence-corrected chi connectivity index (χ2v) is 6.21. The maximum absolute atomic E-state index is 12.8. The van der Waals surface area contributed by atoms with Crippen molar-refractivity contribution in [1.29, 1.82) is 0 Å². The van der Waals surface area contributed by atoms with Gasteiger partial charge in [-0.05, 0) is 6.42 Å². The molecule has 0 aliphatic carbocycles. The molecule has 24 heavy (non-hydrogen) atoms. The summed E-state index contributed by atoms with van der Waals surface area (Å²) >= 11 is 0. The highest BCUT2D eigenvalue weighted by atomic mass is 16.5. The van der Waals surface area contributed by atoms with Gasteiger partial charge in [0, 0.05) is 50.9 Å². The molecule has 8 nitrogen and oxygen atoms in total. The molecule has 3 amide bonds. The lowest BCUT2D eigenvalue weighted by atomic mass is 10.0. The zero-order valence-electron chi connectivity index (χ0n) is 14.4. The van der Waals surface area contributed by atoms with E-state index in [9.17, 15) is 9.59 Å². The zero-order valence-corrected chi connectivity index (χ0v) is 14.4. The van der Waals surface area contributed by atoms with E-state index in [4.69, 9.17) is 4.74 Å². The van der Waals surface area contributed by atoms with Gasteiger partial charge in [0.25, 0.3) is 5.91 Å². The molecule has 8 heteroatoms. The predicted molar refractivity (Wildman–Crippen MR) is 87.7 cm³/mol. The molecule has 3 heterocycles. The molecule has 3 rings (SSSR count). The zero-order chi connectivity index (χ0) is 17.1. The summed E-state index contributed by atoms with van der Waals surface area (Å²) in [5.74, 6) is -0.0639. The lowest BCUT2D eigenvalue weighted by Gasteiger charge is -2.29. The third-order valence-electron chi connectivity index (χ3n) is 4.56. The number of carbonyl (C=O) groups is 2. The number of carbonyl (C=O) groups excluding carboxylic acids is 2. The normalized spacial score (nSPS) is 17.6. The van der Waals surface area contributed by atoms with Gasteiger partial charge in [-0.15, -0.1) is 0 Å². The van der Waals surface area contributed by atoms with E-state index in [1.807, 2.05) is 14.0 Å². The van der Waals surface area contributed by atoms with Crippen LogP contribution in [0.25, 0.3) is 0 Å². The molecule has 0 aromatic carbocycles. The number of fused-ring (bicyclic) bond motifs is 1. The van der Waals surface area contributed by atoms with Crippen molar-refractivity contribution in [2.45, 2.75) is 26.3 Å². The molecule has 0 spiro atoms. The summed E-state index contributed by atoms with van der Waals surface area (Å²) in [4.78, 5) is 28.6. The van der Waals surface area contributed by atoms with Gasteiger partial charge in [0.2, 0.25) is 0 Å². The fourth-order valence-corrected chi connectivity index (χ4v) is 3.20. The van der Waals surface area contributed by atoms with Crippen molar-refractivity contribution in [3.8, 4) is 0 Å². The van der Waals surface area contributed by atoms with Gasteiger partial charge in [-0.25, -0.2) is 4.79 Å². The van der Waals surface area contributed by atoms with Gasteiger partial charge < -0.3 is 19.9 Å². The molecule has 2 aliphatic heterocycles. The Morgan fingerprint density at radius 1 is 1.21 bits per heavy atom. The number of aromatic nitrogens is 2. The van der Waals surface area contributed by atoms with Crippen molar-refractivity contribution in [1.82, 2.24) is 24.9 Å². The highest BCUT2D eigenvalue weighted by Crippen LogP contribution is 2.23. The summed E-state index contributed by atoms with van der Waals surface area (Å²) in [6.45, 7) is 6.06. The van der Waals surface area contributed by atoms with Crippen LogP contribution in [-0.4, -0.2) is 70.9 Å². The number of urea groups is 1. The standard InChI is InChI=1S/C16H25N5O3/c1-3-5-17-16(23)21-6-4-13-12(11-21)14(18-19(13)2)15(22)20-7-9-24-10-8-20/h3-11H2,1-2H3,(H,17,23). The molecule has 0 atom stereocenters. The summed E-state index contributed by atoms with van der Waals surface area (Å²) in [5.41, 5.74) is 2.40. The Bertz CT molecular complexity index is 621. The van der Waals surface area contributed by atoms with E-state index in [0.29, 0.717) is 51.6 Å². The lowest BCUT2D eigenvalue weighted by molar-refractivity contribution is 0.0297. The van der Waals surface area contributed by atoms with Crippen LogP contribution in [0.2, 0.25) is 0 Å². The molecule has 0 unspecified atom stereocenters. The summed E-state index contributed by atoms with van der Waals surface area (Å²) in [6, 6.07) is -0.0730. The monoisotopic (exact) mass is 335 g/mol. The number of nitrogens with zero attached hydrogens (tertiary/aromatic N) is 4. The Morgan fingerprint density at radius 3 is 2.67 bits per heavy atom. The molecular formula is C16H25N5O3. The number of nitrogens with one attached hydrogen (secondary N) is 1. The van der Waals surface area contributed by atoms with Crippen molar-refractivity contribution in [3.63, 3.8) is 0 Å². The maximum Gasteiger partial charge on any atom is 0.317 e. The molecule has 1 aromatic heterocycles. The molecule has 1 aromatic rings. The predicted octanol–water partition coefficient (Wildman–Crippen LogP) is 0.370. The van der Waals surface area contributed by atoms with Crippen LogP contribution < -0.4 is 5.32 Å². The van der Waals surface area contributed by atoms with E-state index in [-0.39, 0.29) is 11.9 Å². The Labute approximate surface area is 141 Å². The molecule has 0 saturated carbocycles. The summed E-state index contributed by atoms with van der Waals surface area (Å²) in [5, 5.41) is 7.35. The van der Waals surface area contributed by atoms with Crippen LogP contribution in [0.15, 0.2) is 0 Å². The maximum atomic E-state index is 12.8. The van der Waals surface area contributed by atoms with Gasteiger partial charge in [-0.2, -0.15) is 5.10 Å². The van der Waals surface area contributed by atoms with E-state index in [2.05, 4.69) is 10.4 Å². The molecule has 2 aliphatic rings. The molecule has 1 saturated heterocycles. The number of amides is 3. The number of hydrogen-bond acceptors (Lipinski definition) is 4. The Morgan fingerprint density at radius 2 is 1.96 bits per heavy atom. The first-order valence-corrected chi connectivity index (χ1v) is 8.56. The topological polar surface area (TPSA) is 79.7 Å². The van der Waals surface area contributed by atoms with Gasteiger partial charge in [0.05, 0.1) is 19.8 Å². The van der Waals surface area contributed by atoms with Crippen molar-refractivity contribution < 1.29 is 14.3 Å². The Hall–Kier alpha value is -2.09. The highest BCUT2D eigenvalue weighted by Gasteiger charge is 2.31. The summed E-state index contributed by atoms with van der Waals surface area (Å²) in [6.07, 6.45) is 1.62. The van der Waals surface area contributed by atoms with Crippen molar-refractivity contribution >= 4 is 11.9 Å². The molecule has 0 bridgehead atoms. The number of ether oxygens (including phenoxy) is 1. The summed E-state index contributed by atoms with van der Waals surface area (Å²) < 4.78 is 7.09. The molecule has 0 radical (unpaired) electrons. The van der Waals surface area contributed by atoms with E-state index >= 15 is 0 Å². The minimum absolute atomic E-state index is 0.0639. The fourth-order valence-electron chi connectivity index (χ4n) is 3.20. The van der Waals surface area contributed by atoms with Crippen molar-refractivity contribution in [3.05, 3.63) is 17.0 Å². The van der Waals surface area contributed by atoms with Gasteiger partial charge in [0.1, 0.15) is 0 Å². The van der Waals surface area contributed by atoms with E-state index in [1.165, 1.54) is 0 Å². The fraction of sp³-hybridized carbons (Fsp3) is 0.688. The number of aryl methyl sites for hydroxylation is 1. The largest absolute Gasteiger partial charge is 0.378 e. The first kappa shape index (κ1) is 16.8. The first-order valence-electron chi connectivity index (χ1n) is 8.56. The highest BCUT2D eigenvalue weighted by molar-refractivity contribution is 5.94. The van der Waals surface area contributed by atoms with E-state index in [1.54, 1.807) is 14.5 Å². The van der Waals surface area contributed by atoms with Crippen LogP contribution in [0.3, 0.4) is 0 Å². The van der Waals surface area contributed by atoms with Crippen molar-refractivity contribution in [2.75, 3.05) is 39.4 Å².